The highest BCUT2D eigenvalue weighted by Crippen LogP contribution is 2.28. The van der Waals surface area contributed by atoms with Crippen LogP contribution in [0.25, 0.3) is 17.1 Å². The molecule has 0 aliphatic rings. The van der Waals surface area contributed by atoms with Crippen LogP contribution in [0.4, 0.5) is 10.1 Å². The fraction of sp³-hybridized carbons (Fsp3) is 0.280. The van der Waals surface area contributed by atoms with Crippen molar-refractivity contribution in [2.24, 2.45) is 5.92 Å². The number of benzene rings is 2. The molecule has 0 aliphatic heterocycles. The van der Waals surface area contributed by atoms with E-state index in [9.17, 15) is 9.18 Å². The third-order valence-electron chi connectivity index (χ3n) is 5.27. The molecule has 1 amide bonds. The lowest BCUT2D eigenvalue weighted by Gasteiger charge is -2.13. The molecule has 0 aliphatic carbocycles. The summed E-state index contributed by atoms with van der Waals surface area (Å²) >= 11 is 1.28. The molecule has 0 atom stereocenters. The molecule has 0 saturated heterocycles. The van der Waals surface area contributed by atoms with Gasteiger partial charge in [0.25, 0.3) is 0 Å². The number of para-hydroxylation sites is 1. The second-order valence-corrected chi connectivity index (χ2v) is 9.36. The lowest BCUT2D eigenvalue weighted by molar-refractivity contribution is -0.113. The summed E-state index contributed by atoms with van der Waals surface area (Å²) in [4.78, 5) is 12.8. The topological polar surface area (TPSA) is 77.6 Å². The van der Waals surface area contributed by atoms with Gasteiger partial charge in [0.1, 0.15) is 5.82 Å². The van der Waals surface area contributed by atoms with Crippen LogP contribution < -0.4 is 5.32 Å². The highest BCUT2D eigenvalue weighted by atomic mass is 32.2. The maximum absolute atomic E-state index is 14.4. The summed E-state index contributed by atoms with van der Waals surface area (Å²) in [5.41, 5.74) is 3.62. The summed E-state index contributed by atoms with van der Waals surface area (Å²) in [6.45, 7) is 8.55. The van der Waals surface area contributed by atoms with Crippen molar-refractivity contribution in [2.75, 3.05) is 11.1 Å². The number of nitrogens with one attached hydrogen (secondary N) is 1. The number of thioether (sulfide) groups is 1. The number of aromatic nitrogens is 5. The highest BCUT2D eigenvalue weighted by molar-refractivity contribution is 7.99. The zero-order valence-electron chi connectivity index (χ0n) is 19.6. The smallest absolute Gasteiger partial charge is 0.234 e. The van der Waals surface area contributed by atoms with Crippen LogP contribution >= 0.6 is 11.8 Å². The standard InChI is InChI=1S/C25H27FN6OS/c1-16(2)14-31-24(20-12-8-9-13-21(20)26)28-29-25(31)34-15-22(33)27-23-17(3)30-32(18(23)4)19-10-6-5-7-11-19/h5-13,16H,14-15H2,1-4H3,(H,27,33). The Kier molecular flexibility index (Phi) is 7.12. The number of hydrogen-bond donors (Lipinski definition) is 1. The summed E-state index contributed by atoms with van der Waals surface area (Å²) in [6.07, 6.45) is 0. The van der Waals surface area contributed by atoms with Gasteiger partial charge in [0.15, 0.2) is 11.0 Å². The molecule has 0 unspecified atom stereocenters. The predicted molar refractivity (Wildman–Crippen MR) is 133 cm³/mol. The first-order chi connectivity index (χ1) is 16.3. The van der Waals surface area contributed by atoms with Crippen LogP contribution in [-0.4, -0.2) is 36.2 Å². The Hall–Kier alpha value is -3.46. The molecular weight excluding hydrogens is 451 g/mol. The fourth-order valence-electron chi connectivity index (χ4n) is 3.72. The average molecular weight is 479 g/mol. The monoisotopic (exact) mass is 478 g/mol. The minimum absolute atomic E-state index is 0.142. The van der Waals surface area contributed by atoms with E-state index in [0.29, 0.717) is 34.7 Å². The molecule has 9 heteroatoms. The first kappa shape index (κ1) is 23.7. The van der Waals surface area contributed by atoms with Gasteiger partial charge in [-0.25, -0.2) is 9.07 Å². The Morgan fingerprint density at radius 2 is 1.76 bits per heavy atom. The largest absolute Gasteiger partial charge is 0.322 e. The van der Waals surface area contributed by atoms with Crippen LogP contribution in [0, 0.1) is 25.6 Å². The van der Waals surface area contributed by atoms with E-state index in [1.54, 1.807) is 18.2 Å². The van der Waals surface area contributed by atoms with Gasteiger partial charge in [0.2, 0.25) is 5.91 Å². The Bertz CT molecular complexity index is 1300. The summed E-state index contributed by atoms with van der Waals surface area (Å²) in [5.74, 6) is 0.378. The minimum Gasteiger partial charge on any atom is -0.322 e. The second-order valence-electron chi connectivity index (χ2n) is 8.42. The summed E-state index contributed by atoms with van der Waals surface area (Å²) in [7, 11) is 0. The molecule has 2 heterocycles. The van der Waals surface area contributed by atoms with Gasteiger partial charge < -0.3 is 9.88 Å². The third kappa shape index (κ3) is 5.04. The average Bonchev–Trinajstić information content (AvgIpc) is 3.33. The van der Waals surface area contributed by atoms with E-state index in [1.807, 2.05) is 53.4 Å². The molecule has 2 aromatic heterocycles. The lowest BCUT2D eigenvalue weighted by Crippen LogP contribution is -2.16. The number of carbonyl (C=O) groups is 1. The van der Waals surface area contributed by atoms with Gasteiger partial charge in [-0.15, -0.1) is 10.2 Å². The van der Waals surface area contributed by atoms with Gasteiger partial charge in [-0.05, 0) is 44.0 Å². The highest BCUT2D eigenvalue weighted by Gasteiger charge is 2.20. The van der Waals surface area contributed by atoms with Crippen molar-refractivity contribution in [1.82, 2.24) is 24.5 Å². The number of halogens is 1. The van der Waals surface area contributed by atoms with E-state index in [2.05, 4.69) is 34.5 Å². The summed E-state index contributed by atoms with van der Waals surface area (Å²) in [6, 6.07) is 16.3. The van der Waals surface area contributed by atoms with Crippen molar-refractivity contribution in [3.63, 3.8) is 0 Å². The fourth-order valence-corrected chi connectivity index (χ4v) is 4.46. The van der Waals surface area contributed by atoms with Gasteiger partial charge in [-0.1, -0.05) is 55.9 Å². The number of nitrogens with zero attached hydrogens (tertiary/aromatic N) is 5. The van der Waals surface area contributed by atoms with Crippen LogP contribution in [0.15, 0.2) is 59.8 Å². The number of carbonyl (C=O) groups excluding carboxylic acids is 1. The van der Waals surface area contributed by atoms with Gasteiger partial charge >= 0.3 is 0 Å². The molecule has 4 aromatic rings. The van der Waals surface area contributed by atoms with Crippen molar-refractivity contribution in [3.8, 4) is 17.1 Å². The first-order valence-electron chi connectivity index (χ1n) is 11.1. The summed E-state index contributed by atoms with van der Waals surface area (Å²) < 4.78 is 18.1. The molecule has 0 radical (unpaired) electrons. The third-order valence-corrected chi connectivity index (χ3v) is 6.23. The molecule has 0 saturated carbocycles. The molecule has 2 aromatic carbocycles. The predicted octanol–water partition coefficient (Wildman–Crippen LogP) is 5.27. The van der Waals surface area contributed by atoms with Gasteiger partial charge in [0, 0.05) is 6.54 Å². The van der Waals surface area contributed by atoms with Crippen LogP contribution in [0.5, 0.6) is 0 Å². The van der Waals surface area contributed by atoms with Crippen molar-refractivity contribution in [1.29, 1.82) is 0 Å². The number of rotatable bonds is 8. The summed E-state index contributed by atoms with van der Waals surface area (Å²) in [5, 5.41) is 16.6. The zero-order chi connectivity index (χ0) is 24.2. The van der Waals surface area contributed by atoms with Crippen molar-refractivity contribution < 1.29 is 9.18 Å². The molecule has 0 fully saturated rings. The molecule has 1 N–H and O–H groups in total. The zero-order valence-corrected chi connectivity index (χ0v) is 20.4. The van der Waals surface area contributed by atoms with E-state index >= 15 is 0 Å². The van der Waals surface area contributed by atoms with E-state index in [1.165, 1.54) is 17.8 Å². The van der Waals surface area contributed by atoms with Crippen molar-refractivity contribution >= 4 is 23.4 Å². The van der Waals surface area contributed by atoms with E-state index in [0.717, 1.165) is 17.1 Å². The number of amides is 1. The maximum atomic E-state index is 14.4. The van der Waals surface area contributed by atoms with E-state index in [4.69, 9.17) is 0 Å². The molecule has 4 rings (SSSR count). The number of anilines is 1. The molecule has 0 spiro atoms. The second kappa shape index (κ2) is 10.2. The molecule has 176 valence electrons. The normalized spacial score (nSPS) is 11.2. The Morgan fingerprint density at radius 1 is 1.06 bits per heavy atom. The first-order valence-corrected chi connectivity index (χ1v) is 12.1. The molecular formula is C25H27FN6OS. The molecule has 0 bridgehead atoms. The SMILES string of the molecule is Cc1nn(-c2ccccc2)c(C)c1NC(=O)CSc1nnc(-c2ccccc2F)n1CC(C)C. The van der Waals surface area contributed by atoms with E-state index in [-0.39, 0.29) is 17.5 Å². The Labute approximate surface area is 202 Å². The van der Waals surface area contributed by atoms with Crippen molar-refractivity contribution in [2.45, 2.75) is 39.4 Å². The van der Waals surface area contributed by atoms with E-state index < -0.39 is 0 Å². The van der Waals surface area contributed by atoms with Crippen LogP contribution in [0.2, 0.25) is 0 Å². The Morgan fingerprint density at radius 3 is 2.47 bits per heavy atom. The van der Waals surface area contributed by atoms with Crippen molar-refractivity contribution in [3.05, 3.63) is 71.8 Å². The van der Waals surface area contributed by atoms with Crippen LogP contribution in [0.1, 0.15) is 25.2 Å². The number of hydrogen-bond acceptors (Lipinski definition) is 5. The molecule has 7 nitrogen and oxygen atoms in total. The van der Waals surface area contributed by atoms with Crippen LogP contribution in [0.3, 0.4) is 0 Å². The van der Waals surface area contributed by atoms with Gasteiger partial charge in [0.05, 0.1) is 34.1 Å². The Balaban J connectivity index is 1.51. The van der Waals surface area contributed by atoms with Gasteiger partial charge in [-0.2, -0.15) is 5.10 Å². The molecule has 34 heavy (non-hydrogen) atoms. The lowest BCUT2D eigenvalue weighted by atomic mass is 10.2. The quantitative estimate of drug-likeness (QED) is 0.349. The van der Waals surface area contributed by atoms with Crippen LogP contribution in [-0.2, 0) is 11.3 Å². The minimum atomic E-state index is -0.351. The van der Waals surface area contributed by atoms with Gasteiger partial charge in [-0.3, -0.25) is 4.79 Å². The maximum Gasteiger partial charge on any atom is 0.234 e. The number of aryl methyl sites for hydroxylation is 1.